The Morgan fingerprint density at radius 3 is 2.71 bits per heavy atom. The second kappa shape index (κ2) is 4.00. The zero-order valence-corrected chi connectivity index (χ0v) is 5.11. The number of rotatable bonds is 3. The van der Waals surface area contributed by atoms with E-state index in [2.05, 4.69) is 6.58 Å². The van der Waals surface area contributed by atoms with Gasteiger partial charge in [-0.25, -0.2) is 0 Å². The van der Waals surface area contributed by atoms with Crippen molar-refractivity contribution >= 4 is 11.6 Å². The fourth-order valence-electron chi connectivity index (χ4n) is 0.201. The van der Waals surface area contributed by atoms with Gasteiger partial charge in [0.05, 0.1) is 6.26 Å². The van der Waals surface area contributed by atoms with Gasteiger partial charge in [0, 0.05) is 0 Å². The molecule has 42 valence electrons. The van der Waals surface area contributed by atoms with Crippen LogP contribution in [0.15, 0.2) is 12.8 Å². The summed E-state index contributed by atoms with van der Waals surface area (Å²) < 4.78 is 4.72. The monoisotopic (exact) mass is 120 g/mol. The molecular weight excluding hydrogens is 112 g/mol. The van der Waals surface area contributed by atoms with E-state index in [1.807, 2.05) is 6.92 Å². The Kier molecular flexibility index (Phi) is 3.90. The first-order valence-corrected chi connectivity index (χ1v) is 2.65. The van der Waals surface area contributed by atoms with Crippen LogP contribution in [0.3, 0.4) is 0 Å². The molecule has 2 heteroatoms. The van der Waals surface area contributed by atoms with Crippen LogP contribution in [0, 0.1) is 0 Å². The molecule has 0 aliphatic rings. The molecule has 0 aliphatic carbocycles. The summed E-state index contributed by atoms with van der Waals surface area (Å²) in [7, 11) is 0. The third-order valence-electron chi connectivity index (χ3n) is 0.565. The van der Waals surface area contributed by atoms with E-state index in [1.165, 1.54) is 6.26 Å². The van der Waals surface area contributed by atoms with Crippen molar-refractivity contribution in [3.05, 3.63) is 12.8 Å². The summed E-state index contributed by atoms with van der Waals surface area (Å²) in [5.41, 5.74) is -0.197. The lowest BCUT2D eigenvalue weighted by Gasteiger charge is -2.02. The molecule has 0 spiro atoms. The molecule has 1 atom stereocenters. The average Bonchev–Trinajstić information content (AvgIpc) is 1.68. The van der Waals surface area contributed by atoms with Crippen LogP contribution in [-0.4, -0.2) is 5.56 Å². The molecule has 0 heterocycles. The van der Waals surface area contributed by atoms with E-state index in [0.717, 1.165) is 6.42 Å². The molecule has 0 radical (unpaired) electrons. The minimum absolute atomic E-state index is 0.197. The molecule has 7 heavy (non-hydrogen) atoms. The van der Waals surface area contributed by atoms with Crippen molar-refractivity contribution in [3.8, 4) is 0 Å². The molecular formula is C5H9ClO. The lowest BCUT2D eigenvalue weighted by Crippen LogP contribution is -1.95. The Hall–Kier alpha value is -0.170. The van der Waals surface area contributed by atoms with Gasteiger partial charge in [-0.2, -0.15) is 0 Å². The molecule has 0 aromatic carbocycles. The van der Waals surface area contributed by atoms with Gasteiger partial charge in [-0.05, 0) is 6.42 Å². The van der Waals surface area contributed by atoms with Gasteiger partial charge in [0.2, 0.25) is 0 Å². The van der Waals surface area contributed by atoms with Crippen LogP contribution in [0.4, 0.5) is 0 Å². The van der Waals surface area contributed by atoms with Gasteiger partial charge in [-0.3, -0.25) is 0 Å². The summed E-state index contributed by atoms with van der Waals surface area (Å²) in [6.45, 7) is 5.29. The zero-order chi connectivity index (χ0) is 5.70. The predicted octanol–water partition coefficient (Wildman–Crippen LogP) is 2.12. The van der Waals surface area contributed by atoms with E-state index in [1.54, 1.807) is 0 Å². The molecule has 0 rings (SSSR count). The molecule has 0 amide bonds. The Labute approximate surface area is 48.9 Å². The highest BCUT2D eigenvalue weighted by Crippen LogP contribution is 2.01. The van der Waals surface area contributed by atoms with E-state index in [0.29, 0.717) is 0 Å². The fourth-order valence-corrected chi connectivity index (χ4v) is 0.273. The molecule has 0 N–H and O–H groups in total. The smallest absolute Gasteiger partial charge is 0.171 e. The van der Waals surface area contributed by atoms with Crippen molar-refractivity contribution in [2.45, 2.75) is 18.9 Å². The second-order valence-corrected chi connectivity index (χ2v) is 1.61. The summed E-state index contributed by atoms with van der Waals surface area (Å²) in [5, 5.41) is 0. The van der Waals surface area contributed by atoms with Gasteiger partial charge in [0.25, 0.3) is 0 Å². The first-order valence-electron chi connectivity index (χ1n) is 2.21. The van der Waals surface area contributed by atoms with Crippen molar-refractivity contribution in [1.29, 1.82) is 0 Å². The van der Waals surface area contributed by atoms with Crippen LogP contribution in [0.5, 0.6) is 0 Å². The van der Waals surface area contributed by atoms with Crippen molar-refractivity contribution in [2.24, 2.45) is 0 Å². The minimum Gasteiger partial charge on any atom is -0.483 e. The van der Waals surface area contributed by atoms with Crippen molar-refractivity contribution in [2.75, 3.05) is 0 Å². The topological polar surface area (TPSA) is 9.23 Å². The normalized spacial score (nSPS) is 12.9. The van der Waals surface area contributed by atoms with E-state index >= 15 is 0 Å². The molecule has 0 aromatic heterocycles. The average molecular weight is 121 g/mol. The molecule has 0 saturated heterocycles. The number of hydrogen-bond donors (Lipinski definition) is 0. The molecule has 1 nitrogen and oxygen atoms in total. The van der Waals surface area contributed by atoms with Crippen LogP contribution in [0.2, 0.25) is 0 Å². The van der Waals surface area contributed by atoms with Crippen molar-refractivity contribution < 1.29 is 4.74 Å². The summed E-state index contributed by atoms with van der Waals surface area (Å²) in [5.74, 6) is 0. The van der Waals surface area contributed by atoms with Crippen molar-refractivity contribution in [3.63, 3.8) is 0 Å². The molecule has 0 bridgehead atoms. The van der Waals surface area contributed by atoms with Gasteiger partial charge < -0.3 is 4.74 Å². The largest absolute Gasteiger partial charge is 0.483 e. The highest BCUT2D eigenvalue weighted by molar-refractivity contribution is 6.19. The van der Waals surface area contributed by atoms with Crippen LogP contribution in [-0.2, 0) is 4.74 Å². The summed E-state index contributed by atoms with van der Waals surface area (Å²) in [6, 6.07) is 0. The van der Waals surface area contributed by atoms with Gasteiger partial charge in [-0.1, -0.05) is 25.1 Å². The molecule has 0 aromatic rings. The van der Waals surface area contributed by atoms with Gasteiger partial charge in [0.15, 0.2) is 5.56 Å². The second-order valence-electron chi connectivity index (χ2n) is 1.12. The summed E-state index contributed by atoms with van der Waals surface area (Å²) in [6.07, 6.45) is 2.16. The molecule has 0 aliphatic heterocycles. The van der Waals surface area contributed by atoms with Crippen LogP contribution in [0.25, 0.3) is 0 Å². The standard InChI is InChI=1S/C5H9ClO/c1-3-5(6)7-4-2/h4-5H,2-3H2,1H3. The fraction of sp³-hybridized carbons (Fsp3) is 0.600. The Morgan fingerprint density at radius 1 is 2.00 bits per heavy atom. The van der Waals surface area contributed by atoms with Gasteiger partial charge >= 0.3 is 0 Å². The van der Waals surface area contributed by atoms with E-state index in [9.17, 15) is 0 Å². The van der Waals surface area contributed by atoms with Crippen LogP contribution < -0.4 is 0 Å². The zero-order valence-electron chi connectivity index (χ0n) is 4.36. The number of halogens is 1. The molecule has 0 fully saturated rings. The van der Waals surface area contributed by atoms with Crippen molar-refractivity contribution in [1.82, 2.24) is 0 Å². The third kappa shape index (κ3) is 3.67. The first kappa shape index (κ1) is 6.83. The minimum atomic E-state index is -0.197. The number of ether oxygens (including phenoxy) is 1. The Bertz CT molecular complexity index is 54.0. The van der Waals surface area contributed by atoms with Crippen LogP contribution >= 0.6 is 11.6 Å². The van der Waals surface area contributed by atoms with Gasteiger partial charge in [-0.15, -0.1) is 0 Å². The predicted molar refractivity (Wildman–Crippen MR) is 31.2 cm³/mol. The van der Waals surface area contributed by atoms with Gasteiger partial charge in [0.1, 0.15) is 0 Å². The SMILES string of the molecule is C=COC(Cl)CC. The maximum absolute atomic E-state index is 5.47. The van der Waals surface area contributed by atoms with Crippen LogP contribution in [0.1, 0.15) is 13.3 Å². The Balaban J connectivity index is 2.98. The lowest BCUT2D eigenvalue weighted by atomic mass is 10.5. The quantitative estimate of drug-likeness (QED) is 0.410. The maximum Gasteiger partial charge on any atom is 0.171 e. The first-order chi connectivity index (χ1) is 3.31. The Morgan fingerprint density at radius 2 is 2.57 bits per heavy atom. The van der Waals surface area contributed by atoms with E-state index in [-0.39, 0.29) is 5.56 Å². The highest BCUT2D eigenvalue weighted by atomic mass is 35.5. The van der Waals surface area contributed by atoms with E-state index in [4.69, 9.17) is 16.3 Å². The molecule has 0 saturated carbocycles. The maximum atomic E-state index is 5.47. The third-order valence-corrected chi connectivity index (χ3v) is 0.976. The highest BCUT2D eigenvalue weighted by Gasteiger charge is 1.93. The number of alkyl halides is 1. The van der Waals surface area contributed by atoms with E-state index < -0.39 is 0 Å². The summed E-state index contributed by atoms with van der Waals surface area (Å²) in [4.78, 5) is 0. The lowest BCUT2D eigenvalue weighted by molar-refractivity contribution is 0.213. The summed E-state index contributed by atoms with van der Waals surface area (Å²) >= 11 is 5.47. The number of hydrogen-bond acceptors (Lipinski definition) is 1. The molecule has 1 unspecified atom stereocenters.